The number of rotatable bonds is 9. The summed E-state index contributed by atoms with van der Waals surface area (Å²) in [6.45, 7) is 5.85. The van der Waals surface area contributed by atoms with Crippen LogP contribution in [0.4, 0.5) is 5.13 Å². The van der Waals surface area contributed by atoms with Gasteiger partial charge in [0.2, 0.25) is 15.9 Å². The van der Waals surface area contributed by atoms with E-state index in [-0.39, 0.29) is 18.0 Å². The van der Waals surface area contributed by atoms with Crippen LogP contribution in [0.25, 0.3) is 0 Å². The third-order valence-electron chi connectivity index (χ3n) is 3.84. The molecule has 1 heterocycles. The van der Waals surface area contributed by atoms with E-state index in [0.29, 0.717) is 23.2 Å². The number of carbonyl (C=O) groups is 1. The molecule has 1 aromatic heterocycles. The fraction of sp³-hybridized carbons (Fsp3) is 0.444. The van der Waals surface area contributed by atoms with Crippen LogP contribution in [0.3, 0.4) is 0 Å². The third-order valence-corrected chi connectivity index (χ3v) is 6.57. The first kappa shape index (κ1) is 21.3. The van der Waals surface area contributed by atoms with E-state index in [4.69, 9.17) is 4.74 Å². The van der Waals surface area contributed by atoms with Gasteiger partial charge in [0, 0.05) is 11.9 Å². The minimum absolute atomic E-state index is 0.130. The number of ether oxygens (including phenoxy) is 1. The summed E-state index contributed by atoms with van der Waals surface area (Å²) < 4.78 is 32.3. The second-order valence-electron chi connectivity index (χ2n) is 6.54. The molecule has 27 heavy (non-hydrogen) atoms. The number of aryl methyl sites for hydroxylation is 1. The molecule has 1 N–H and O–H groups in total. The molecule has 0 saturated carbocycles. The van der Waals surface area contributed by atoms with E-state index in [1.165, 1.54) is 34.9 Å². The molecule has 0 aliphatic carbocycles. The number of hydrogen-bond donors (Lipinski definition) is 1. The van der Waals surface area contributed by atoms with Gasteiger partial charge in [0.05, 0.1) is 24.2 Å². The van der Waals surface area contributed by atoms with Crippen molar-refractivity contribution in [3.05, 3.63) is 35.3 Å². The van der Waals surface area contributed by atoms with Crippen molar-refractivity contribution in [1.82, 2.24) is 9.29 Å². The fourth-order valence-corrected chi connectivity index (χ4v) is 4.43. The van der Waals surface area contributed by atoms with Gasteiger partial charge in [0.25, 0.3) is 0 Å². The average molecular weight is 412 g/mol. The summed E-state index contributed by atoms with van der Waals surface area (Å²) in [5.41, 5.74) is 0.804. The first-order valence-electron chi connectivity index (χ1n) is 8.58. The summed E-state index contributed by atoms with van der Waals surface area (Å²) in [6, 6.07) is 6.15. The molecular weight excluding hydrogens is 386 g/mol. The lowest BCUT2D eigenvalue weighted by Crippen LogP contribution is -2.39. The summed E-state index contributed by atoms with van der Waals surface area (Å²) in [4.78, 5) is 16.7. The maximum Gasteiger partial charge on any atom is 0.243 e. The van der Waals surface area contributed by atoms with Gasteiger partial charge in [-0.25, -0.2) is 13.4 Å². The highest BCUT2D eigenvalue weighted by molar-refractivity contribution is 7.89. The highest BCUT2D eigenvalue weighted by atomic mass is 32.2. The number of benzene rings is 1. The number of nitrogens with one attached hydrogen (secondary N) is 1. The Balaban J connectivity index is 2.19. The Morgan fingerprint density at radius 3 is 2.48 bits per heavy atom. The zero-order valence-electron chi connectivity index (χ0n) is 15.9. The zero-order valence-corrected chi connectivity index (χ0v) is 17.6. The van der Waals surface area contributed by atoms with Gasteiger partial charge in [-0.2, -0.15) is 4.31 Å². The molecule has 2 aromatic rings. The maximum absolute atomic E-state index is 13.0. The van der Waals surface area contributed by atoms with Crippen LogP contribution in [-0.4, -0.2) is 43.8 Å². The van der Waals surface area contributed by atoms with Gasteiger partial charge in [-0.1, -0.05) is 13.8 Å². The number of hydrogen-bond acceptors (Lipinski definition) is 6. The Bertz CT molecular complexity index is 861. The Morgan fingerprint density at radius 1 is 1.30 bits per heavy atom. The number of thiazole rings is 1. The summed E-state index contributed by atoms with van der Waals surface area (Å²) in [6.07, 6.45) is 0.652. The van der Waals surface area contributed by atoms with Gasteiger partial charge < -0.3 is 10.1 Å². The minimum Gasteiger partial charge on any atom is -0.497 e. The fourth-order valence-electron chi connectivity index (χ4n) is 2.31. The van der Waals surface area contributed by atoms with Crippen molar-refractivity contribution in [3.63, 3.8) is 0 Å². The molecule has 9 heteroatoms. The van der Waals surface area contributed by atoms with Crippen LogP contribution in [-0.2, 0) is 14.8 Å². The lowest BCUT2D eigenvalue weighted by Gasteiger charge is -2.22. The number of anilines is 1. The van der Waals surface area contributed by atoms with Gasteiger partial charge in [-0.15, -0.1) is 11.3 Å². The van der Waals surface area contributed by atoms with Crippen LogP contribution in [0.1, 0.15) is 26.0 Å². The van der Waals surface area contributed by atoms with Crippen LogP contribution in [0.5, 0.6) is 5.75 Å². The molecule has 0 bridgehead atoms. The van der Waals surface area contributed by atoms with Crippen molar-refractivity contribution in [2.45, 2.75) is 32.1 Å². The predicted octanol–water partition coefficient (Wildman–Crippen LogP) is 3.14. The van der Waals surface area contributed by atoms with E-state index >= 15 is 0 Å². The zero-order chi connectivity index (χ0) is 20.0. The number of aromatic nitrogens is 1. The third kappa shape index (κ3) is 6.02. The first-order valence-corrected chi connectivity index (χ1v) is 10.9. The van der Waals surface area contributed by atoms with Crippen molar-refractivity contribution in [3.8, 4) is 5.75 Å². The lowest BCUT2D eigenvalue weighted by molar-refractivity contribution is -0.116. The molecule has 0 aliphatic heterocycles. The molecule has 2 rings (SSSR count). The topological polar surface area (TPSA) is 88.6 Å². The van der Waals surface area contributed by atoms with Gasteiger partial charge >= 0.3 is 0 Å². The molecule has 0 radical (unpaired) electrons. The van der Waals surface area contributed by atoms with Crippen LogP contribution in [0.15, 0.2) is 34.5 Å². The average Bonchev–Trinajstić information content (AvgIpc) is 3.02. The molecule has 1 aromatic carbocycles. The first-order chi connectivity index (χ1) is 12.7. The van der Waals surface area contributed by atoms with Crippen LogP contribution >= 0.6 is 11.3 Å². The van der Waals surface area contributed by atoms with Gasteiger partial charge in [0.15, 0.2) is 5.13 Å². The van der Waals surface area contributed by atoms with Gasteiger partial charge in [0.1, 0.15) is 5.75 Å². The summed E-state index contributed by atoms with van der Waals surface area (Å²) in [5, 5.41) is 4.95. The van der Waals surface area contributed by atoms with Crippen LogP contribution < -0.4 is 10.1 Å². The molecule has 0 atom stereocenters. The second kappa shape index (κ2) is 9.29. The van der Waals surface area contributed by atoms with Gasteiger partial charge in [-0.3, -0.25) is 4.79 Å². The second-order valence-corrected chi connectivity index (χ2v) is 9.33. The SMILES string of the molecule is COc1ccc(S(=O)(=O)N(CCC(C)C)CC(=O)Nc2nc(C)cs2)cc1. The van der Waals surface area contributed by atoms with E-state index in [9.17, 15) is 13.2 Å². The summed E-state index contributed by atoms with van der Waals surface area (Å²) in [7, 11) is -2.29. The van der Waals surface area contributed by atoms with E-state index in [0.717, 1.165) is 5.69 Å². The highest BCUT2D eigenvalue weighted by Crippen LogP contribution is 2.21. The Morgan fingerprint density at radius 2 is 1.96 bits per heavy atom. The Kier molecular flexibility index (Phi) is 7.34. The van der Waals surface area contributed by atoms with Crippen molar-refractivity contribution < 1.29 is 17.9 Å². The molecule has 0 saturated heterocycles. The predicted molar refractivity (Wildman–Crippen MR) is 107 cm³/mol. The van der Waals surface area contributed by atoms with Gasteiger partial charge in [-0.05, 0) is 43.5 Å². The van der Waals surface area contributed by atoms with Crippen molar-refractivity contribution >= 4 is 32.4 Å². The summed E-state index contributed by atoms with van der Waals surface area (Å²) >= 11 is 1.31. The van der Waals surface area contributed by atoms with Crippen LogP contribution in [0.2, 0.25) is 0 Å². The quantitative estimate of drug-likeness (QED) is 0.685. The molecule has 0 fully saturated rings. The highest BCUT2D eigenvalue weighted by Gasteiger charge is 2.27. The number of amides is 1. The molecule has 0 aliphatic rings. The molecule has 1 amide bonds. The smallest absolute Gasteiger partial charge is 0.243 e. The number of nitrogens with zero attached hydrogens (tertiary/aromatic N) is 2. The van der Waals surface area contributed by atoms with Crippen LogP contribution in [0, 0.1) is 12.8 Å². The Labute approximate surface area is 164 Å². The maximum atomic E-state index is 13.0. The van der Waals surface area contributed by atoms with E-state index in [2.05, 4.69) is 10.3 Å². The molecule has 0 spiro atoms. The molecule has 0 unspecified atom stereocenters. The monoisotopic (exact) mass is 411 g/mol. The van der Waals surface area contributed by atoms with Crippen molar-refractivity contribution in [1.29, 1.82) is 0 Å². The van der Waals surface area contributed by atoms with Crippen molar-refractivity contribution in [2.75, 3.05) is 25.5 Å². The molecule has 7 nitrogen and oxygen atoms in total. The number of methoxy groups -OCH3 is 1. The van der Waals surface area contributed by atoms with E-state index in [1.807, 2.05) is 26.2 Å². The normalized spacial score (nSPS) is 11.8. The minimum atomic E-state index is -3.80. The number of carbonyl (C=O) groups excluding carboxylic acids is 1. The standard InChI is InChI=1S/C18H25N3O4S2/c1-13(2)9-10-21(11-17(22)20-18-19-14(3)12-26-18)27(23,24)16-7-5-15(25-4)6-8-16/h5-8,12-13H,9-11H2,1-4H3,(H,19,20,22). The van der Waals surface area contributed by atoms with E-state index in [1.54, 1.807) is 12.1 Å². The molecule has 148 valence electrons. The molecular formula is C18H25N3O4S2. The van der Waals surface area contributed by atoms with Crippen molar-refractivity contribution in [2.24, 2.45) is 5.92 Å². The Hall–Kier alpha value is -1.97. The number of sulfonamides is 1. The lowest BCUT2D eigenvalue weighted by atomic mass is 10.1. The largest absolute Gasteiger partial charge is 0.497 e. The van der Waals surface area contributed by atoms with E-state index < -0.39 is 15.9 Å². The summed E-state index contributed by atoms with van der Waals surface area (Å²) in [5.74, 6) is 0.466.